The zero-order chi connectivity index (χ0) is 15.9. The van der Waals surface area contributed by atoms with Gasteiger partial charge in [-0.3, -0.25) is 4.79 Å². The summed E-state index contributed by atoms with van der Waals surface area (Å²) in [6.45, 7) is 5.03. The van der Waals surface area contributed by atoms with Gasteiger partial charge in [-0.2, -0.15) is 0 Å². The van der Waals surface area contributed by atoms with Crippen LogP contribution in [0.2, 0.25) is 0 Å². The van der Waals surface area contributed by atoms with Crippen molar-refractivity contribution in [2.45, 2.75) is 83.2 Å². The lowest BCUT2D eigenvalue weighted by Crippen LogP contribution is -2.55. The van der Waals surface area contributed by atoms with E-state index in [-0.39, 0.29) is 11.5 Å². The lowest BCUT2D eigenvalue weighted by molar-refractivity contribution is -0.141. The van der Waals surface area contributed by atoms with Gasteiger partial charge in [-0.25, -0.2) is 0 Å². The number of carbonyl (C=O) groups is 1. The summed E-state index contributed by atoms with van der Waals surface area (Å²) in [5.41, 5.74) is 0.457. The van der Waals surface area contributed by atoms with E-state index in [0.29, 0.717) is 11.3 Å². The third kappa shape index (κ3) is 2.83. The highest BCUT2D eigenvalue weighted by molar-refractivity contribution is 5.78. The van der Waals surface area contributed by atoms with Crippen LogP contribution in [-0.4, -0.2) is 36.1 Å². The largest absolute Gasteiger partial charge is 0.369 e. The van der Waals surface area contributed by atoms with Crippen LogP contribution in [0, 0.1) is 17.3 Å². The first-order valence-electron chi connectivity index (χ1n) is 10.1. The van der Waals surface area contributed by atoms with Crippen molar-refractivity contribution < 1.29 is 9.53 Å². The average Bonchev–Trinajstić information content (AvgIpc) is 3.22. The minimum absolute atomic E-state index is 0.160. The van der Waals surface area contributed by atoms with E-state index in [1.165, 1.54) is 57.8 Å². The first kappa shape index (κ1) is 15.9. The van der Waals surface area contributed by atoms with Crippen molar-refractivity contribution in [3.63, 3.8) is 0 Å². The topological polar surface area (TPSA) is 32.8 Å². The van der Waals surface area contributed by atoms with Crippen LogP contribution in [0.3, 0.4) is 0 Å². The predicted molar refractivity (Wildman–Crippen MR) is 91.1 cm³/mol. The van der Waals surface area contributed by atoms with E-state index in [1.54, 1.807) is 0 Å². The molecule has 2 spiro atoms. The molecule has 0 bridgehead atoms. The number of piperidine rings is 1. The zero-order valence-corrected chi connectivity index (χ0v) is 14.8. The van der Waals surface area contributed by atoms with E-state index >= 15 is 0 Å². The second-order valence-corrected chi connectivity index (χ2v) is 8.92. The minimum atomic E-state index is 0.160. The molecule has 1 amide bonds. The first-order valence-corrected chi connectivity index (χ1v) is 10.1. The van der Waals surface area contributed by atoms with Gasteiger partial charge in [-0.1, -0.05) is 51.9 Å². The second-order valence-electron chi connectivity index (χ2n) is 8.92. The summed E-state index contributed by atoms with van der Waals surface area (Å²) < 4.78 is 5.95. The SMILES string of the molecule is C[C@H](CC1CCCCC1)C(=O)N1CCC2(CO2)C2(CCCC2)C1. The molecule has 0 N–H and O–H groups in total. The minimum Gasteiger partial charge on any atom is -0.369 e. The van der Waals surface area contributed by atoms with Gasteiger partial charge in [0.1, 0.15) is 5.60 Å². The summed E-state index contributed by atoms with van der Waals surface area (Å²) in [6, 6.07) is 0. The Morgan fingerprint density at radius 3 is 2.48 bits per heavy atom. The molecule has 2 atom stereocenters. The molecular weight excluding hydrogens is 286 g/mol. The zero-order valence-electron chi connectivity index (χ0n) is 14.8. The van der Waals surface area contributed by atoms with E-state index in [1.807, 2.05) is 0 Å². The van der Waals surface area contributed by atoms with E-state index in [0.717, 1.165) is 38.5 Å². The van der Waals surface area contributed by atoms with Crippen LogP contribution in [-0.2, 0) is 9.53 Å². The van der Waals surface area contributed by atoms with E-state index in [9.17, 15) is 4.79 Å². The Morgan fingerprint density at radius 2 is 1.83 bits per heavy atom. The van der Waals surface area contributed by atoms with Crippen molar-refractivity contribution in [1.82, 2.24) is 4.90 Å². The maximum Gasteiger partial charge on any atom is 0.225 e. The molecule has 1 unspecified atom stereocenters. The summed E-state index contributed by atoms with van der Waals surface area (Å²) in [6.07, 6.45) is 14.2. The van der Waals surface area contributed by atoms with Crippen LogP contribution in [0.15, 0.2) is 0 Å². The van der Waals surface area contributed by atoms with Crippen molar-refractivity contribution >= 4 is 5.91 Å². The quantitative estimate of drug-likeness (QED) is 0.732. The summed E-state index contributed by atoms with van der Waals surface area (Å²) in [5, 5.41) is 0. The molecule has 4 fully saturated rings. The van der Waals surface area contributed by atoms with Crippen molar-refractivity contribution in [2.75, 3.05) is 19.7 Å². The fourth-order valence-electron chi connectivity index (χ4n) is 5.90. The monoisotopic (exact) mass is 319 g/mol. The van der Waals surface area contributed by atoms with Gasteiger partial charge in [0.15, 0.2) is 0 Å². The van der Waals surface area contributed by atoms with Crippen molar-refractivity contribution in [3.05, 3.63) is 0 Å². The summed E-state index contributed by atoms with van der Waals surface area (Å²) in [4.78, 5) is 15.2. The average molecular weight is 319 g/mol. The molecule has 4 rings (SSSR count). The molecule has 0 aromatic rings. The number of epoxide rings is 1. The van der Waals surface area contributed by atoms with E-state index in [4.69, 9.17) is 4.74 Å². The number of rotatable bonds is 3. The van der Waals surface area contributed by atoms with Gasteiger partial charge < -0.3 is 9.64 Å². The molecule has 2 saturated carbocycles. The highest BCUT2D eigenvalue weighted by Gasteiger charge is 2.64. The highest BCUT2D eigenvalue weighted by Crippen LogP contribution is 2.58. The standard InChI is InChI=1S/C20H33NO2/c1-16(13-17-7-3-2-4-8-17)18(22)21-12-11-20(15-23-20)19(14-21)9-5-6-10-19/h16-17H,2-15H2,1H3/t16-,20?/m1/s1. The van der Waals surface area contributed by atoms with Gasteiger partial charge in [0.05, 0.1) is 6.61 Å². The van der Waals surface area contributed by atoms with Gasteiger partial charge in [-0.15, -0.1) is 0 Å². The van der Waals surface area contributed by atoms with Gasteiger partial charge in [-0.05, 0) is 31.6 Å². The summed E-state index contributed by atoms with van der Waals surface area (Å²) >= 11 is 0. The number of hydrogen-bond acceptors (Lipinski definition) is 2. The lowest BCUT2D eigenvalue weighted by Gasteiger charge is -2.46. The van der Waals surface area contributed by atoms with Crippen LogP contribution in [0.25, 0.3) is 0 Å². The Morgan fingerprint density at radius 1 is 1.13 bits per heavy atom. The molecule has 130 valence electrons. The fraction of sp³-hybridized carbons (Fsp3) is 0.950. The van der Waals surface area contributed by atoms with Crippen LogP contribution >= 0.6 is 0 Å². The van der Waals surface area contributed by atoms with Crippen LogP contribution in [0.5, 0.6) is 0 Å². The molecule has 0 aromatic heterocycles. The molecule has 3 heteroatoms. The number of hydrogen-bond donors (Lipinski definition) is 0. The normalized spacial score (nSPS) is 34.9. The molecule has 23 heavy (non-hydrogen) atoms. The Kier molecular flexibility index (Phi) is 4.19. The smallest absolute Gasteiger partial charge is 0.225 e. The van der Waals surface area contributed by atoms with Gasteiger partial charge in [0, 0.05) is 24.4 Å². The van der Waals surface area contributed by atoms with Crippen LogP contribution < -0.4 is 0 Å². The number of fused-ring (bicyclic) bond motifs is 1. The molecule has 2 heterocycles. The number of nitrogens with zero attached hydrogens (tertiary/aromatic N) is 1. The second kappa shape index (κ2) is 6.06. The molecule has 2 aliphatic heterocycles. The maximum atomic E-state index is 13.0. The van der Waals surface area contributed by atoms with Crippen molar-refractivity contribution in [3.8, 4) is 0 Å². The van der Waals surface area contributed by atoms with Gasteiger partial charge in [0.25, 0.3) is 0 Å². The molecular formula is C20H33NO2. The first-order chi connectivity index (χ1) is 11.1. The molecule has 2 aliphatic carbocycles. The Labute approximate surface area is 141 Å². The molecule has 2 saturated heterocycles. The van der Waals surface area contributed by atoms with Gasteiger partial charge in [0.2, 0.25) is 5.91 Å². The fourth-order valence-corrected chi connectivity index (χ4v) is 5.90. The number of amides is 1. The summed E-state index contributed by atoms with van der Waals surface area (Å²) in [7, 11) is 0. The van der Waals surface area contributed by atoms with E-state index in [2.05, 4.69) is 11.8 Å². The van der Waals surface area contributed by atoms with Crippen molar-refractivity contribution in [2.24, 2.45) is 17.3 Å². The molecule has 0 aromatic carbocycles. The highest BCUT2D eigenvalue weighted by atomic mass is 16.6. The van der Waals surface area contributed by atoms with Gasteiger partial charge >= 0.3 is 0 Å². The number of ether oxygens (including phenoxy) is 1. The Bertz CT molecular complexity index is 445. The Hall–Kier alpha value is -0.570. The predicted octanol–water partition coefficient (Wildman–Crippen LogP) is 4.15. The Balaban J connectivity index is 1.38. The van der Waals surface area contributed by atoms with Crippen molar-refractivity contribution in [1.29, 1.82) is 0 Å². The number of carbonyl (C=O) groups excluding carboxylic acids is 1. The molecule has 4 aliphatic rings. The van der Waals surface area contributed by atoms with E-state index < -0.39 is 0 Å². The number of likely N-dealkylation sites (tertiary alicyclic amines) is 1. The molecule has 3 nitrogen and oxygen atoms in total. The molecule has 0 radical (unpaired) electrons. The maximum absolute atomic E-state index is 13.0. The van der Waals surface area contributed by atoms with Crippen LogP contribution in [0.1, 0.15) is 77.6 Å². The van der Waals surface area contributed by atoms with Crippen LogP contribution in [0.4, 0.5) is 0 Å². The lowest BCUT2D eigenvalue weighted by atomic mass is 9.69. The third-order valence-electron chi connectivity index (χ3n) is 7.44. The third-order valence-corrected chi connectivity index (χ3v) is 7.44. The summed E-state index contributed by atoms with van der Waals surface area (Å²) in [5.74, 6) is 1.44.